The van der Waals surface area contributed by atoms with Crippen LogP contribution in [0.2, 0.25) is 0 Å². The van der Waals surface area contributed by atoms with Gasteiger partial charge < -0.3 is 10.4 Å². The first kappa shape index (κ1) is 13.0. The highest BCUT2D eigenvalue weighted by Crippen LogP contribution is 2.51. The van der Waals surface area contributed by atoms with Crippen LogP contribution in [0, 0.1) is 17.3 Å². The lowest BCUT2D eigenvalue weighted by Crippen LogP contribution is -2.34. The molecule has 1 rings (SSSR count). The van der Waals surface area contributed by atoms with Crippen LogP contribution in [0.15, 0.2) is 0 Å². The van der Waals surface area contributed by atoms with Crippen LogP contribution in [0.3, 0.4) is 0 Å². The molecule has 2 N–H and O–H groups in total. The predicted octanol–water partition coefficient (Wildman–Crippen LogP) is 1.65. The highest BCUT2D eigenvalue weighted by atomic mass is 16.4. The van der Waals surface area contributed by atoms with E-state index in [1.165, 1.54) is 0 Å². The molecule has 2 atom stereocenters. The lowest BCUT2D eigenvalue weighted by atomic mass is 10.0. The maximum atomic E-state index is 11.6. The Morgan fingerprint density at radius 2 is 2.06 bits per heavy atom. The number of carbonyl (C=O) groups is 2. The summed E-state index contributed by atoms with van der Waals surface area (Å²) in [5, 5.41) is 11.7. The van der Waals surface area contributed by atoms with Crippen molar-refractivity contribution in [2.24, 2.45) is 17.3 Å². The predicted molar refractivity (Wildman–Crippen MR) is 60.9 cm³/mol. The van der Waals surface area contributed by atoms with Crippen LogP contribution in [0.25, 0.3) is 0 Å². The second kappa shape index (κ2) is 4.85. The Morgan fingerprint density at radius 3 is 2.44 bits per heavy atom. The van der Waals surface area contributed by atoms with Gasteiger partial charge in [0.15, 0.2) is 0 Å². The van der Waals surface area contributed by atoms with E-state index >= 15 is 0 Å². The first-order valence-corrected chi connectivity index (χ1v) is 5.89. The molecule has 1 aliphatic rings. The van der Waals surface area contributed by atoms with E-state index in [0.29, 0.717) is 6.42 Å². The summed E-state index contributed by atoms with van der Waals surface area (Å²) in [5.41, 5.74) is 0.105. The summed E-state index contributed by atoms with van der Waals surface area (Å²) in [6.07, 6.45) is 2.34. The van der Waals surface area contributed by atoms with Gasteiger partial charge in [0.05, 0.1) is 5.92 Å². The molecule has 4 heteroatoms. The van der Waals surface area contributed by atoms with Crippen LogP contribution >= 0.6 is 0 Å². The monoisotopic (exact) mass is 227 g/mol. The Kier molecular flexibility index (Phi) is 3.94. The number of rotatable bonds is 6. The van der Waals surface area contributed by atoms with Crippen molar-refractivity contribution in [2.75, 3.05) is 6.54 Å². The average molecular weight is 227 g/mol. The molecular weight excluding hydrogens is 206 g/mol. The minimum absolute atomic E-state index is 0.00681. The maximum absolute atomic E-state index is 11.6. The number of hydrogen-bond donors (Lipinski definition) is 2. The second-order valence-corrected chi connectivity index (χ2v) is 5.31. The van der Waals surface area contributed by atoms with Crippen LogP contribution in [0.4, 0.5) is 0 Å². The summed E-state index contributed by atoms with van der Waals surface area (Å²) >= 11 is 0. The van der Waals surface area contributed by atoms with Crippen molar-refractivity contribution in [1.82, 2.24) is 5.32 Å². The second-order valence-electron chi connectivity index (χ2n) is 5.31. The molecule has 92 valence electrons. The standard InChI is InChI=1S/C12H21NO3/c1-4-5-8(11(15)16)7-13-10(14)9-6-12(9,2)3/h8-9H,4-7H2,1-3H3,(H,13,14)(H,15,16). The third-order valence-corrected chi connectivity index (χ3v) is 3.34. The molecule has 16 heavy (non-hydrogen) atoms. The summed E-state index contributed by atoms with van der Waals surface area (Å²) in [7, 11) is 0. The van der Waals surface area contributed by atoms with E-state index in [4.69, 9.17) is 5.11 Å². The van der Waals surface area contributed by atoms with Crippen molar-refractivity contribution in [1.29, 1.82) is 0 Å². The number of carbonyl (C=O) groups excluding carboxylic acids is 1. The summed E-state index contributed by atoms with van der Waals surface area (Å²) in [6, 6.07) is 0. The topological polar surface area (TPSA) is 66.4 Å². The molecule has 0 saturated heterocycles. The zero-order valence-electron chi connectivity index (χ0n) is 10.2. The van der Waals surface area contributed by atoms with Crippen LogP contribution in [-0.2, 0) is 9.59 Å². The number of carboxylic acid groups (broad SMARTS) is 1. The van der Waals surface area contributed by atoms with Crippen molar-refractivity contribution < 1.29 is 14.7 Å². The molecule has 0 heterocycles. The first-order chi connectivity index (χ1) is 7.38. The van der Waals surface area contributed by atoms with Crippen molar-refractivity contribution in [3.63, 3.8) is 0 Å². The Labute approximate surface area is 96.4 Å². The van der Waals surface area contributed by atoms with Crippen molar-refractivity contribution in [3.8, 4) is 0 Å². The molecule has 0 aliphatic heterocycles. The van der Waals surface area contributed by atoms with Crippen LogP contribution in [0.1, 0.15) is 40.0 Å². The molecule has 1 fully saturated rings. The lowest BCUT2D eigenvalue weighted by Gasteiger charge is -2.12. The van der Waals surface area contributed by atoms with Crippen LogP contribution in [-0.4, -0.2) is 23.5 Å². The Balaban J connectivity index is 2.32. The van der Waals surface area contributed by atoms with Gasteiger partial charge in [0.25, 0.3) is 0 Å². The summed E-state index contributed by atoms with van der Waals surface area (Å²) < 4.78 is 0. The molecule has 1 amide bonds. The SMILES string of the molecule is CCCC(CNC(=O)C1CC1(C)C)C(=O)O. The number of aliphatic carboxylic acids is 1. The molecule has 0 aromatic carbocycles. The van der Waals surface area contributed by atoms with Gasteiger partial charge in [-0.3, -0.25) is 9.59 Å². The smallest absolute Gasteiger partial charge is 0.308 e. The summed E-state index contributed by atoms with van der Waals surface area (Å²) in [4.78, 5) is 22.5. The zero-order chi connectivity index (χ0) is 12.3. The van der Waals surface area contributed by atoms with E-state index < -0.39 is 11.9 Å². The van der Waals surface area contributed by atoms with Crippen molar-refractivity contribution in [2.45, 2.75) is 40.0 Å². The maximum Gasteiger partial charge on any atom is 0.308 e. The Morgan fingerprint density at radius 1 is 1.50 bits per heavy atom. The minimum atomic E-state index is -0.822. The van der Waals surface area contributed by atoms with E-state index in [-0.39, 0.29) is 23.8 Å². The average Bonchev–Trinajstić information content (AvgIpc) is 2.81. The largest absolute Gasteiger partial charge is 0.481 e. The zero-order valence-corrected chi connectivity index (χ0v) is 10.2. The van der Waals surface area contributed by atoms with E-state index in [1.807, 2.05) is 6.92 Å². The summed E-state index contributed by atoms with van der Waals surface area (Å²) in [5.74, 6) is -1.19. The van der Waals surface area contributed by atoms with Crippen LogP contribution in [0.5, 0.6) is 0 Å². The fraction of sp³-hybridized carbons (Fsp3) is 0.833. The highest BCUT2D eigenvalue weighted by Gasteiger charge is 2.50. The lowest BCUT2D eigenvalue weighted by molar-refractivity contribution is -0.142. The Bertz CT molecular complexity index is 286. The van der Waals surface area contributed by atoms with E-state index in [2.05, 4.69) is 19.2 Å². The third-order valence-electron chi connectivity index (χ3n) is 3.34. The molecular formula is C12H21NO3. The molecule has 0 radical (unpaired) electrons. The molecule has 4 nitrogen and oxygen atoms in total. The first-order valence-electron chi connectivity index (χ1n) is 5.89. The third kappa shape index (κ3) is 3.22. The normalized spacial score (nSPS) is 23.6. The van der Waals surface area contributed by atoms with Gasteiger partial charge in [0.1, 0.15) is 0 Å². The molecule has 0 aromatic rings. The highest BCUT2D eigenvalue weighted by molar-refractivity contribution is 5.83. The van der Waals surface area contributed by atoms with Gasteiger partial charge in [-0.15, -0.1) is 0 Å². The number of nitrogens with one attached hydrogen (secondary N) is 1. The van der Waals surface area contributed by atoms with E-state index in [9.17, 15) is 9.59 Å². The Hall–Kier alpha value is -1.06. The molecule has 1 aliphatic carbocycles. The van der Waals surface area contributed by atoms with Gasteiger partial charge in [-0.25, -0.2) is 0 Å². The molecule has 0 aromatic heterocycles. The van der Waals surface area contributed by atoms with Gasteiger partial charge in [-0.05, 0) is 18.3 Å². The molecule has 1 saturated carbocycles. The fourth-order valence-corrected chi connectivity index (χ4v) is 1.92. The van der Waals surface area contributed by atoms with E-state index in [1.54, 1.807) is 0 Å². The minimum Gasteiger partial charge on any atom is -0.481 e. The van der Waals surface area contributed by atoms with Gasteiger partial charge in [0, 0.05) is 12.5 Å². The van der Waals surface area contributed by atoms with Crippen molar-refractivity contribution in [3.05, 3.63) is 0 Å². The number of hydrogen-bond acceptors (Lipinski definition) is 2. The fourth-order valence-electron chi connectivity index (χ4n) is 1.92. The van der Waals surface area contributed by atoms with Gasteiger partial charge in [0.2, 0.25) is 5.91 Å². The van der Waals surface area contributed by atoms with Crippen LogP contribution < -0.4 is 5.32 Å². The summed E-state index contributed by atoms with van der Waals surface area (Å²) in [6.45, 7) is 6.31. The van der Waals surface area contributed by atoms with Gasteiger partial charge >= 0.3 is 5.97 Å². The number of amides is 1. The van der Waals surface area contributed by atoms with Gasteiger partial charge in [-0.2, -0.15) is 0 Å². The van der Waals surface area contributed by atoms with Crippen molar-refractivity contribution >= 4 is 11.9 Å². The molecule has 0 spiro atoms. The number of carboxylic acids is 1. The quantitative estimate of drug-likeness (QED) is 0.725. The van der Waals surface area contributed by atoms with Gasteiger partial charge in [-0.1, -0.05) is 27.2 Å². The van der Waals surface area contributed by atoms with E-state index in [0.717, 1.165) is 12.8 Å². The molecule has 2 unspecified atom stereocenters. The molecule has 0 bridgehead atoms.